The molecule has 0 N–H and O–H groups in total. The molecule has 4 rings (SSSR count). The molecule has 1 fully saturated rings. The van der Waals surface area contributed by atoms with Crippen molar-refractivity contribution in [1.82, 2.24) is 14.2 Å². The van der Waals surface area contributed by atoms with Gasteiger partial charge in [-0.05, 0) is 68.4 Å². The van der Waals surface area contributed by atoms with Gasteiger partial charge in [0, 0.05) is 17.3 Å². The van der Waals surface area contributed by atoms with E-state index in [2.05, 4.69) is 19.9 Å². The molecule has 2 aromatic heterocycles. The molecule has 2 heterocycles. The fourth-order valence-electron chi connectivity index (χ4n) is 3.85. The zero-order valence-electron chi connectivity index (χ0n) is 17.0. The summed E-state index contributed by atoms with van der Waals surface area (Å²) in [6, 6.07) is 5.27. The van der Waals surface area contributed by atoms with Crippen molar-refractivity contribution in [1.29, 1.82) is 0 Å². The molecule has 5 nitrogen and oxygen atoms in total. The first-order valence-corrected chi connectivity index (χ1v) is 9.86. The summed E-state index contributed by atoms with van der Waals surface area (Å²) >= 11 is 0. The third-order valence-electron chi connectivity index (χ3n) is 5.82. The number of benzene rings is 1. The molecular weight excluding hydrogens is 357 g/mol. The van der Waals surface area contributed by atoms with Crippen LogP contribution in [0.25, 0.3) is 16.9 Å². The Morgan fingerprint density at radius 3 is 2.61 bits per heavy atom. The summed E-state index contributed by atoms with van der Waals surface area (Å²) in [7, 11) is 1.45. The Labute approximate surface area is 163 Å². The monoisotopic (exact) mass is 383 g/mol. The molecule has 3 aromatic rings. The van der Waals surface area contributed by atoms with E-state index in [9.17, 15) is 9.18 Å². The van der Waals surface area contributed by atoms with Gasteiger partial charge in [0.15, 0.2) is 17.4 Å². The van der Waals surface area contributed by atoms with Gasteiger partial charge in [-0.3, -0.25) is 9.36 Å². The van der Waals surface area contributed by atoms with Crippen molar-refractivity contribution >= 4 is 5.52 Å². The van der Waals surface area contributed by atoms with E-state index in [4.69, 9.17) is 9.84 Å². The van der Waals surface area contributed by atoms with Crippen molar-refractivity contribution in [3.05, 3.63) is 51.2 Å². The molecule has 1 aliphatic carbocycles. The van der Waals surface area contributed by atoms with E-state index in [0.29, 0.717) is 16.9 Å². The van der Waals surface area contributed by atoms with Crippen LogP contribution in [0.3, 0.4) is 0 Å². The second kappa shape index (κ2) is 6.76. The predicted octanol–water partition coefficient (Wildman–Crippen LogP) is 4.78. The topological polar surface area (TPSA) is 48.5 Å². The van der Waals surface area contributed by atoms with Crippen molar-refractivity contribution in [3.63, 3.8) is 0 Å². The number of hydrogen-bond donors (Lipinski definition) is 0. The Morgan fingerprint density at radius 1 is 1.29 bits per heavy atom. The van der Waals surface area contributed by atoms with Gasteiger partial charge in [-0.25, -0.2) is 8.91 Å². The fraction of sp³-hybridized carbons (Fsp3) is 0.455. The zero-order valence-corrected chi connectivity index (χ0v) is 17.0. The summed E-state index contributed by atoms with van der Waals surface area (Å²) in [4.78, 5) is 13.6. The number of rotatable bonds is 5. The summed E-state index contributed by atoms with van der Waals surface area (Å²) in [6.07, 6.45) is 2.84. The number of ether oxygens (including phenoxy) is 1. The molecule has 1 saturated carbocycles. The number of fused-ring (bicyclic) bond motifs is 1. The van der Waals surface area contributed by atoms with Crippen molar-refractivity contribution in [2.24, 2.45) is 0 Å². The average molecular weight is 383 g/mol. The molecule has 148 valence electrons. The maximum absolute atomic E-state index is 14.5. The Morgan fingerprint density at radius 2 is 2.00 bits per heavy atom. The van der Waals surface area contributed by atoms with Gasteiger partial charge in [-0.15, -0.1) is 5.10 Å². The van der Waals surface area contributed by atoms with Crippen LogP contribution >= 0.6 is 0 Å². The maximum Gasteiger partial charge on any atom is 0.278 e. The Kier molecular flexibility index (Phi) is 4.52. The number of halogens is 1. The fourth-order valence-corrected chi connectivity index (χ4v) is 3.85. The van der Waals surface area contributed by atoms with Crippen LogP contribution in [0, 0.1) is 19.7 Å². The first-order chi connectivity index (χ1) is 13.4. The highest BCUT2D eigenvalue weighted by Crippen LogP contribution is 2.38. The van der Waals surface area contributed by atoms with Crippen molar-refractivity contribution in [3.8, 4) is 17.1 Å². The summed E-state index contributed by atoms with van der Waals surface area (Å²) in [5, 5.41) is 4.83. The highest BCUT2D eigenvalue weighted by molar-refractivity contribution is 5.65. The van der Waals surface area contributed by atoms with Gasteiger partial charge in [0.25, 0.3) is 5.56 Å². The lowest BCUT2D eigenvalue weighted by Crippen LogP contribution is -2.26. The van der Waals surface area contributed by atoms with Crippen LogP contribution in [0.15, 0.2) is 23.0 Å². The quantitative estimate of drug-likeness (QED) is 0.637. The van der Waals surface area contributed by atoms with Gasteiger partial charge in [-0.2, -0.15) is 0 Å². The smallest absolute Gasteiger partial charge is 0.278 e. The number of methoxy groups -OCH3 is 1. The van der Waals surface area contributed by atoms with Crippen LogP contribution in [0.5, 0.6) is 5.75 Å². The van der Waals surface area contributed by atoms with E-state index < -0.39 is 5.82 Å². The lowest BCUT2D eigenvalue weighted by atomic mass is 10.00. The zero-order chi connectivity index (χ0) is 20.2. The van der Waals surface area contributed by atoms with E-state index in [1.807, 2.05) is 13.8 Å². The van der Waals surface area contributed by atoms with Gasteiger partial charge in [0.1, 0.15) is 5.52 Å². The molecule has 1 aliphatic rings. The summed E-state index contributed by atoms with van der Waals surface area (Å²) in [5.74, 6) is 0.536. The molecule has 1 aromatic carbocycles. The van der Waals surface area contributed by atoms with Gasteiger partial charge < -0.3 is 4.74 Å². The molecule has 0 amide bonds. The van der Waals surface area contributed by atoms with Crippen LogP contribution in [0.2, 0.25) is 0 Å². The molecule has 1 atom stereocenters. The third-order valence-corrected chi connectivity index (χ3v) is 5.82. The SMILES string of the molecule is CCC(C)c1cc(C)n2nc(-c3cc(F)c(OC)cc3C)n(C3CC3)c(=O)c12. The second-order valence-corrected chi connectivity index (χ2v) is 7.84. The summed E-state index contributed by atoms with van der Waals surface area (Å²) < 4.78 is 23.1. The third kappa shape index (κ3) is 2.82. The molecule has 1 unspecified atom stereocenters. The lowest BCUT2D eigenvalue weighted by Gasteiger charge is -2.16. The van der Waals surface area contributed by atoms with Crippen LogP contribution in [0.1, 0.15) is 61.9 Å². The minimum absolute atomic E-state index is 0.0356. The second-order valence-electron chi connectivity index (χ2n) is 7.84. The van der Waals surface area contributed by atoms with E-state index in [1.54, 1.807) is 15.1 Å². The highest BCUT2D eigenvalue weighted by Gasteiger charge is 2.31. The van der Waals surface area contributed by atoms with Crippen LogP contribution in [-0.2, 0) is 0 Å². The number of hydrogen-bond acceptors (Lipinski definition) is 3. The van der Waals surface area contributed by atoms with Crippen LogP contribution in [0.4, 0.5) is 4.39 Å². The lowest BCUT2D eigenvalue weighted by molar-refractivity contribution is 0.386. The molecule has 0 spiro atoms. The van der Waals surface area contributed by atoms with E-state index in [1.165, 1.54) is 13.2 Å². The van der Waals surface area contributed by atoms with Gasteiger partial charge in [0.05, 0.1) is 7.11 Å². The minimum atomic E-state index is -0.454. The normalized spacial score (nSPS) is 15.2. The van der Waals surface area contributed by atoms with E-state index in [-0.39, 0.29) is 23.3 Å². The Bertz CT molecular complexity index is 1130. The average Bonchev–Trinajstić information content (AvgIpc) is 3.45. The summed E-state index contributed by atoms with van der Waals surface area (Å²) in [6.45, 7) is 8.09. The number of aromatic nitrogens is 3. The molecule has 6 heteroatoms. The first kappa shape index (κ1) is 18.7. The summed E-state index contributed by atoms with van der Waals surface area (Å²) in [5.41, 5.74) is 4.02. The van der Waals surface area contributed by atoms with E-state index in [0.717, 1.165) is 36.1 Å². The molecule has 0 radical (unpaired) electrons. The van der Waals surface area contributed by atoms with Gasteiger partial charge in [0.2, 0.25) is 0 Å². The molecule has 0 aliphatic heterocycles. The molecule has 0 bridgehead atoms. The minimum Gasteiger partial charge on any atom is -0.494 e. The predicted molar refractivity (Wildman–Crippen MR) is 108 cm³/mol. The first-order valence-electron chi connectivity index (χ1n) is 9.86. The molecule has 0 saturated heterocycles. The highest BCUT2D eigenvalue weighted by atomic mass is 19.1. The number of aryl methyl sites for hydroxylation is 2. The van der Waals surface area contributed by atoms with Gasteiger partial charge in [-0.1, -0.05) is 13.8 Å². The van der Waals surface area contributed by atoms with Crippen LogP contribution in [-0.4, -0.2) is 21.3 Å². The largest absolute Gasteiger partial charge is 0.494 e. The number of nitrogens with zero attached hydrogens (tertiary/aromatic N) is 3. The standard InChI is InChI=1S/C22H26FN3O2/c1-6-12(2)16-10-14(4)26-20(16)22(27)25(15-7-8-15)21(24-26)17-11-18(23)19(28-5)9-13(17)3/h9-12,15H,6-8H2,1-5H3. The van der Waals surface area contributed by atoms with Crippen molar-refractivity contribution in [2.45, 2.75) is 58.9 Å². The van der Waals surface area contributed by atoms with Crippen molar-refractivity contribution in [2.75, 3.05) is 7.11 Å². The Balaban J connectivity index is 2.06. The molecular formula is C22H26FN3O2. The van der Waals surface area contributed by atoms with Crippen molar-refractivity contribution < 1.29 is 9.13 Å². The van der Waals surface area contributed by atoms with E-state index >= 15 is 0 Å². The van der Waals surface area contributed by atoms with Gasteiger partial charge >= 0.3 is 0 Å². The Hall–Kier alpha value is -2.63. The maximum atomic E-state index is 14.5. The van der Waals surface area contributed by atoms with Crippen LogP contribution < -0.4 is 10.3 Å². The molecule has 28 heavy (non-hydrogen) atoms.